The molecule has 1 aliphatic heterocycles. The summed E-state index contributed by atoms with van der Waals surface area (Å²) in [5.41, 5.74) is 4.87. The molecule has 4 rings (SSSR count). The standard InChI is InChI=1S/C27H25NO3S/c1-4-31-22-13-11-21(12-14-22)24-25(32-17-20-8-6-5-7-9-20)27(30)28(26(24)29)23-15-10-18(2)16-19(23)3/h5-16H,4,17H2,1-3H3. The lowest BCUT2D eigenvalue weighted by Gasteiger charge is -2.18. The third kappa shape index (κ3) is 4.34. The molecular formula is C27H25NO3S. The van der Waals surface area contributed by atoms with Gasteiger partial charge < -0.3 is 4.74 Å². The molecule has 32 heavy (non-hydrogen) atoms. The summed E-state index contributed by atoms with van der Waals surface area (Å²) in [6, 6.07) is 23.1. The molecule has 0 aliphatic carbocycles. The summed E-state index contributed by atoms with van der Waals surface area (Å²) in [7, 11) is 0. The van der Waals surface area contributed by atoms with E-state index in [0.717, 1.165) is 28.0 Å². The summed E-state index contributed by atoms with van der Waals surface area (Å²) in [6.07, 6.45) is 0. The van der Waals surface area contributed by atoms with Crippen molar-refractivity contribution in [1.82, 2.24) is 0 Å². The number of aryl methyl sites for hydroxylation is 2. The Balaban J connectivity index is 1.74. The first-order chi connectivity index (χ1) is 15.5. The molecule has 0 atom stereocenters. The van der Waals surface area contributed by atoms with Crippen molar-refractivity contribution in [2.45, 2.75) is 26.5 Å². The first-order valence-corrected chi connectivity index (χ1v) is 11.6. The predicted molar refractivity (Wildman–Crippen MR) is 131 cm³/mol. The maximum absolute atomic E-state index is 13.6. The summed E-state index contributed by atoms with van der Waals surface area (Å²) in [4.78, 5) is 28.9. The number of anilines is 1. The van der Waals surface area contributed by atoms with Gasteiger partial charge in [0.2, 0.25) is 0 Å². The van der Waals surface area contributed by atoms with Crippen LogP contribution in [0.3, 0.4) is 0 Å². The Morgan fingerprint density at radius 2 is 1.59 bits per heavy atom. The van der Waals surface area contributed by atoms with E-state index in [-0.39, 0.29) is 11.8 Å². The van der Waals surface area contributed by atoms with E-state index in [4.69, 9.17) is 4.74 Å². The van der Waals surface area contributed by atoms with Crippen LogP contribution in [0.2, 0.25) is 0 Å². The molecular weight excluding hydrogens is 418 g/mol. The van der Waals surface area contributed by atoms with E-state index in [9.17, 15) is 9.59 Å². The Morgan fingerprint density at radius 1 is 0.875 bits per heavy atom. The van der Waals surface area contributed by atoms with Crippen LogP contribution in [0.1, 0.15) is 29.2 Å². The Labute approximate surface area is 192 Å². The lowest BCUT2D eigenvalue weighted by molar-refractivity contribution is -0.119. The highest BCUT2D eigenvalue weighted by Crippen LogP contribution is 2.40. The number of thioether (sulfide) groups is 1. The highest BCUT2D eigenvalue weighted by Gasteiger charge is 2.40. The second-order valence-electron chi connectivity index (χ2n) is 7.67. The van der Waals surface area contributed by atoms with Crippen molar-refractivity contribution in [2.75, 3.05) is 11.5 Å². The van der Waals surface area contributed by atoms with Crippen LogP contribution in [0.4, 0.5) is 5.69 Å². The van der Waals surface area contributed by atoms with E-state index in [1.165, 1.54) is 16.7 Å². The average molecular weight is 444 g/mol. The van der Waals surface area contributed by atoms with Gasteiger partial charge in [0.15, 0.2) is 0 Å². The van der Waals surface area contributed by atoms with Gasteiger partial charge in [-0.2, -0.15) is 0 Å². The van der Waals surface area contributed by atoms with E-state index in [0.29, 0.717) is 28.5 Å². The fraction of sp³-hybridized carbons (Fsp3) is 0.185. The molecule has 2 amide bonds. The van der Waals surface area contributed by atoms with E-state index in [1.807, 2.05) is 93.6 Å². The number of hydrogen-bond acceptors (Lipinski definition) is 4. The van der Waals surface area contributed by atoms with Gasteiger partial charge in [0.25, 0.3) is 11.8 Å². The quantitative estimate of drug-likeness (QED) is 0.425. The van der Waals surface area contributed by atoms with Crippen molar-refractivity contribution in [3.05, 3.63) is 100.0 Å². The fourth-order valence-corrected chi connectivity index (χ4v) is 4.86. The van der Waals surface area contributed by atoms with E-state index < -0.39 is 0 Å². The van der Waals surface area contributed by atoms with E-state index in [2.05, 4.69) is 0 Å². The normalized spacial score (nSPS) is 13.8. The molecule has 0 N–H and O–H groups in total. The molecule has 0 spiro atoms. The van der Waals surface area contributed by atoms with Crippen LogP contribution in [0.25, 0.3) is 5.57 Å². The maximum Gasteiger partial charge on any atom is 0.272 e. The van der Waals surface area contributed by atoms with E-state index in [1.54, 1.807) is 0 Å². The smallest absolute Gasteiger partial charge is 0.272 e. The van der Waals surface area contributed by atoms with Crippen LogP contribution in [-0.4, -0.2) is 18.4 Å². The number of imide groups is 1. The van der Waals surface area contributed by atoms with Gasteiger partial charge in [0.1, 0.15) is 5.75 Å². The van der Waals surface area contributed by atoms with Gasteiger partial charge >= 0.3 is 0 Å². The number of carbonyl (C=O) groups excluding carboxylic acids is 2. The molecule has 0 bridgehead atoms. The molecule has 0 saturated carbocycles. The maximum atomic E-state index is 13.6. The molecule has 5 heteroatoms. The number of benzene rings is 3. The van der Waals surface area contributed by atoms with Crippen molar-refractivity contribution >= 4 is 34.8 Å². The summed E-state index contributed by atoms with van der Waals surface area (Å²) < 4.78 is 5.54. The predicted octanol–water partition coefficient (Wildman–Crippen LogP) is 5.92. The first kappa shape index (κ1) is 21.9. The molecule has 0 aromatic heterocycles. The third-order valence-electron chi connectivity index (χ3n) is 5.31. The molecule has 0 radical (unpaired) electrons. The lowest BCUT2D eigenvalue weighted by atomic mass is 10.1. The molecule has 0 fully saturated rings. The zero-order valence-corrected chi connectivity index (χ0v) is 19.2. The first-order valence-electron chi connectivity index (χ1n) is 10.6. The Kier molecular flexibility index (Phi) is 6.47. The van der Waals surface area contributed by atoms with Crippen molar-refractivity contribution in [1.29, 1.82) is 0 Å². The molecule has 0 unspecified atom stereocenters. The molecule has 162 valence electrons. The zero-order chi connectivity index (χ0) is 22.7. The van der Waals surface area contributed by atoms with Gasteiger partial charge in [-0.15, -0.1) is 11.8 Å². The monoisotopic (exact) mass is 443 g/mol. The second kappa shape index (κ2) is 9.45. The minimum absolute atomic E-state index is 0.272. The van der Waals surface area contributed by atoms with Crippen molar-refractivity contribution in [2.24, 2.45) is 0 Å². The van der Waals surface area contributed by atoms with Crippen molar-refractivity contribution in [3.8, 4) is 5.75 Å². The number of hydrogen-bond donors (Lipinski definition) is 0. The SMILES string of the molecule is CCOc1ccc(C2=C(SCc3ccccc3)C(=O)N(c3ccc(C)cc3C)C2=O)cc1. The molecule has 3 aromatic rings. The number of carbonyl (C=O) groups is 2. The van der Waals surface area contributed by atoms with Crippen LogP contribution >= 0.6 is 11.8 Å². The number of nitrogens with zero attached hydrogens (tertiary/aromatic N) is 1. The number of amides is 2. The highest BCUT2D eigenvalue weighted by molar-refractivity contribution is 8.03. The van der Waals surface area contributed by atoms with Crippen LogP contribution in [0.15, 0.2) is 77.7 Å². The van der Waals surface area contributed by atoms with Crippen molar-refractivity contribution in [3.63, 3.8) is 0 Å². The number of rotatable bonds is 7. The van der Waals surface area contributed by atoms with Gasteiger partial charge in [0, 0.05) is 5.75 Å². The van der Waals surface area contributed by atoms with Crippen LogP contribution < -0.4 is 9.64 Å². The van der Waals surface area contributed by atoms with Crippen LogP contribution in [0.5, 0.6) is 5.75 Å². The topological polar surface area (TPSA) is 46.6 Å². The van der Waals surface area contributed by atoms with Crippen molar-refractivity contribution < 1.29 is 14.3 Å². The van der Waals surface area contributed by atoms with E-state index >= 15 is 0 Å². The fourth-order valence-electron chi connectivity index (χ4n) is 3.79. The lowest BCUT2D eigenvalue weighted by Crippen LogP contribution is -2.32. The van der Waals surface area contributed by atoms with Crippen LogP contribution in [0, 0.1) is 13.8 Å². The molecule has 0 saturated heterocycles. The second-order valence-corrected chi connectivity index (χ2v) is 8.66. The summed E-state index contributed by atoms with van der Waals surface area (Å²) >= 11 is 1.41. The Hall–Kier alpha value is -3.31. The average Bonchev–Trinajstić information content (AvgIpc) is 3.03. The molecule has 4 nitrogen and oxygen atoms in total. The molecule has 1 heterocycles. The Bertz CT molecular complexity index is 1180. The third-order valence-corrected chi connectivity index (χ3v) is 6.46. The molecule has 3 aromatic carbocycles. The van der Waals surface area contributed by atoms with Gasteiger partial charge in [-0.3, -0.25) is 9.59 Å². The number of ether oxygens (including phenoxy) is 1. The minimum atomic E-state index is -0.290. The minimum Gasteiger partial charge on any atom is -0.494 e. The summed E-state index contributed by atoms with van der Waals surface area (Å²) in [6.45, 7) is 6.41. The Morgan fingerprint density at radius 3 is 2.25 bits per heavy atom. The summed E-state index contributed by atoms with van der Waals surface area (Å²) in [5, 5.41) is 0. The van der Waals surface area contributed by atoms with Gasteiger partial charge in [-0.25, -0.2) is 4.90 Å². The summed E-state index contributed by atoms with van der Waals surface area (Å²) in [5.74, 6) is 0.781. The molecule has 1 aliphatic rings. The highest BCUT2D eigenvalue weighted by atomic mass is 32.2. The van der Waals surface area contributed by atoms with Gasteiger partial charge in [-0.05, 0) is 55.7 Å². The zero-order valence-electron chi connectivity index (χ0n) is 18.4. The van der Waals surface area contributed by atoms with Gasteiger partial charge in [-0.1, -0.05) is 60.2 Å². The largest absolute Gasteiger partial charge is 0.494 e. The van der Waals surface area contributed by atoms with Crippen LogP contribution in [-0.2, 0) is 15.3 Å². The van der Waals surface area contributed by atoms with Gasteiger partial charge in [0.05, 0.1) is 22.8 Å².